The number of benzene rings is 2. The third-order valence-electron chi connectivity index (χ3n) is 3.74. The molecule has 25 heavy (non-hydrogen) atoms. The molecular weight excluding hydrogens is 404 g/mol. The van der Waals surface area contributed by atoms with E-state index < -0.39 is 0 Å². The highest BCUT2D eigenvalue weighted by atomic mass is 79.9. The minimum absolute atomic E-state index is 0.295. The maximum Gasteiger partial charge on any atom is 0.368 e. The average Bonchev–Trinajstić information content (AvgIpc) is 2.93. The Morgan fingerprint density at radius 3 is 2.68 bits per heavy atom. The van der Waals surface area contributed by atoms with Gasteiger partial charge in [0.2, 0.25) is 0 Å². The fraction of sp³-hybridized carbons (Fsp3) is 0.235. The zero-order valence-electron chi connectivity index (χ0n) is 14.1. The Hall–Kier alpha value is -2.06. The molecule has 3 aromatic rings. The molecule has 0 aliphatic heterocycles. The summed E-state index contributed by atoms with van der Waals surface area (Å²) in [5.74, 6) is 0.749. The van der Waals surface area contributed by atoms with Crippen molar-refractivity contribution in [2.45, 2.75) is 18.4 Å². The second-order valence-electron chi connectivity index (χ2n) is 5.48. The van der Waals surface area contributed by atoms with Crippen LogP contribution < -0.4 is 10.4 Å². The zero-order valence-corrected chi connectivity index (χ0v) is 16.5. The van der Waals surface area contributed by atoms with Crippen LogP contribution in [-0.4, -0.2) is 26.0 Å². The van der Waals surface area contributed by atoms with E-state index in [0.717, 1.165) is 26.2 Å². The van der Waals surface area contributed by atoms with Gasteiger partial charge in [-0.25, -0.2) is 4.79 Å². The van der Waals surface area contributed by atoms with Crippen LogP contribution in [0.25, 0.3) is 5.69 Å². The van der Waals surface area contributed by atoms with Gasteiger partial charge in [0, 0.05) is 17.5 Å². The molecular formula is C17H17BrN4O2S. The normalized spacial score (nSPS) is 10.9. The van der Waals surface area contributed by atoms with Crippen LogP contribution in [0.2, 0.25) is 0 Å². The Kier molecular flexibility index (Phi) is 5.29. The predicted molar refractivity (Wildman–Crippen MR) is 102 cm³/mol. The monoisotopic (exact) mass is 420 g/mol. The maximum atomic E-state index is 12.2. The van der Waals surface area contributed by atoms with Crippen LogP contribution in [0.1, 0.15) is 11.1 Å². The molecule has 0 saturated heterocycles. The molecule has 0 N–H and O–H groups in total. The highest BCUT2D eigenvalue weighted by molar-refractivity contribution is 9.10. The summed E-state index contributed by atoms with van der Waals surface area (Å²) in [6.07, 6.45) is 1.99. The second-order valence-corrected chi connectivity index (χ2v) is 7.18. The minimum atomic E-state index is -0.295. The molecule has 1 aromatic heterocycles. The van der Waals surface area contributed by atoms with E-state index in [-0.39, 0.29) is 5.69 Å². The van der Waals surface area contributed by atoms with Gasteiger partial charge in [-0.05, 0) is 69.4 Å². The molecule has 0 aliphatic rings. The van der Waals surface area contributed by atoms with Crippen LogP contribution in [0, 0.1) is 6.92 Å². The second kappa shape index (κ2) is 7.45. The zero-order chi connectivity index (χ0) is 18.0. The van der Waals surface area contributed by atoms with E-state index in [0.29, 0.717) is 12.3 Å². The van der Waals surface area contributed by atoms with E-state index in [2.05, 4.69) is 26.4 Å². The fourth-order valence-electron chi connectivity index (χ4n) is 2.43. The summed E-state index contributed by atoms with van der Waals surface area (Å²) < 4.78 is 9.39. The summed E-state index contributed by atoms with van der Waals surface area (Å²) in [4.78, 5) is 13.3. The van der Waals surface area contributed by atoms with Crippen molar-refractivity contribution >= 4 is 27.7 Å². The van der Waals surface area contributed by atoms with E-state index in [9.17, 15) is 4.79 Å². The number of halogens is 1. The van der Waals surface area contributed by atoms with Crippen molar-refractivity contribution in [3.8, 4) is 11.4 Å². The Morgan fingerprint density at radius 1 is 1.24 bits per heavy atom. The van der Waals surface area contributed by atoms with Crippen molar-refractivity contribution in [3.05, 3.63) is 62.5 Å². The van der Waals surface area contributed by atoms with Gasteiger partial charge >= 0.3 is 5.69 Å². The first-order chi connectivity index (χ1) is 12.0. The van der Waals surface area contributed by atoms with E-state index in [1.165, 1.54) is 9.36 Å². The third-order valence-corrected chi connectivity index (χ3v) is 5.18. The molecule has 0 aliphatic carbocycles. The molecule has 0 amide bonds. The Balaban J connectivity index is 1.99. The van der Waals surface area contributed by atoms with Crippen molar-refractivity contribution in [2.24, 2.45) is 7.05 Å². The molecule has 8 heteroatoms. The maximum absolute atomic E-state index is 12.2. The number of thioether (sulfide) groups is 1. The number of hydrogen-bond donors (Lipinski definition) is 0. The van der Waals surface area contributed by atoms with Gasteiger partial charge in [-0.3, -0.25) is 0 Å². The van der Waals surface area contributed by atoms with Crippen molar-refractivity contribution < 1.29 is 4.74 Å². The first kappa shape index (κ1) is 17.8. The fourth-order valence-corrected chi connectivity index (χ4v) is 3.66. The summed E-state index contributed by atoms with van der Waals surface area (Å²) in [5.41, 5.74) is 2.42. The molecule has 0 fully saturated rings. The van der Waals surface area contributed by atoms with E-state index in [1.54, 1.807) is 18.8 Å². The van der Waals surface area contributed by atoms with E-state index in [1.807, 2.05) is 49.6 Å². The lowest BCUT2D eigenvalue weighted by Crippen LogP contribution is -2.23. The molecule has 0 radical (unpaired) electrons. The summed E-state index contributed by atoms with van der Waals surface area (Å²) in [6, 6.07) is 11.7. The number of tetrazole rings is 1. The topological polar surface area (TPSA) is 61.9 Å². The molecule has 2 aromatic carbocycles. The largest absolute Gasteiger partial charge is 0.488 e. The lowest BCUT2D eigenvalue weighted by Gasteiger charge is -2.14. The third kappa shape index (κ3) is 3.64. The molecule has 0 atom stereocenters. The number of aromatic nitrogens is 4. The quantitative estimate of drug-likeness (QED) is 0.592. The number of ether oxygens (including phenoxy) is 1. The van der Waals surface area contributed by atoms with Crippen LogP contribution in [0.4, 0.5) is 0 Å². The summed E-state index contributed by atoms with van der Waals surface area (Å²) in [5, 5.41) is 7.74. The highest BCUT2D eigenvalue weighted by Gasteiger charge is 2.15. The predicted octanol–water partition coefficient (Wildman–Crippen LogP) is 3.34. The van der Waals surface area contributed by atoms with Crippen LogP contribution in [-0.2, 0) is 13.7 Å². The minimum Gasteiger partial charge on any atom is -0.488 e. The molecule has 3 rings (SSSR count). The average molecular weight is 421 g/mol. The Morgan fingerprint density at radius 2 is 2.04 bits per heavy atom. The molecule has 0 bridgehead atoms. The standard InChI is InChI=1S/C17H17BrN4O2S/c1-11-7-8-15(13(18)9-11)24-10-12-14(5-4-6-16(12)25-3)22-17(23)21(2)19-20-22/h4-9H,10H2,1-3H3. The van der Waals surface area contributed by atoms with Gasteiger partial charge in [0.05, 0.1) is 10.2 Å². The molecule has 0 saturated carbocycles. The van der Waals surface area contributed by atoms with E-state index in [4.69, 9.17) is 4.74 Å². The molecule has 0 spiro atoms. The van der Waals surface area contributed by atoms with Crippen molar-refractivity contribution in [1.29, 1.82) is 0 Å². The van der Waals surface area contributed by atoms with Gasteiger partial charge in [0.1, 0.15) is 12.4 Å². The van der Waals surface area contributed by atoms with Crippen LogP contribution in [0.15, 0.2) is 50.6 Å². The Bertz CT molecular complexity index is 968. The van der Waals surface area contributed by atoms with Gasteiger partial charge < -0.3 is 4.74 Å². The lowest BCUT2D eigenvalue weighted by atomic mass is 10.2. The van der Waals surface area contributed by atoms with Crippen molar-refractivity contribution in [1.82, 2.24) is 19.8 Å². The van der Waals surface area contributed by atoms with Crippen LogP contribution >= 0.6 is 27.7 Å². The SMILES string of the molecule is CSc1cccc(-n2nnn(C)c2=O)c1COc1ccc(C)cc1Br. The smallest absolute Gasteiger partial charge is 0.368 e. The van der Waals surface area contributed by atoms with Gasteiger partial charge in [0.25, 0.3) is 0 Å². The van der Waals surface area contributed by atoms with Gasteiger partial charge in [-0.2, -0.15) is 9.36 Å². The summed E-state index contributed by atoms with van der Waals surface area (Å²) >= 11 is 5.12. The summed E-state index contributed by atoms with van der Waals surface area (Å²) in [7, 11) is 1.57. The van der Waals surface area contributed by atoms with Gasteiger partial charge in [-0.15, -0.1) is 11.8 Å². The van der Waals surface area contributed by atoms with Crippen molar-refractivity contribution in [3.63, 3.8) is 0 Å². The Labute approximate surface area is 157 Å². The first-order valence-electron chi connectivity index (χ1n) is 7.55. The first-order valence-corrected chi connectivity index (χ1v) is 9.57. The van der Waals surface area contributed by atoms with Crippen LogP contribution in [0.3, 0.4) is 0 Å². The summed E-state index contributed by atoms with van der Waals surface area (Å²) in [6.45, 7) is 2.34. The number of nitrogens with zero attached hydrogens (tertiary/aromatic N) is 4. The highest BCUT2D eigenvalue weighted by Crippen LogP contribution is 2.30. The van der Waals surface area contributed by atoms with Crippen molar-refractivity contribution in [2.75, 3.05) is 6.26 Å². The van der Waals surface area contributed by atoms with Gasteiger partial charge in [-0.1, -0.05) is 12.1 Å². The number of aryl methyl sites for hydroxylation is 2. The molecule has 1 heterocycles. The van der Waals surface area contributed by atoms with E-state index >= 15 is 0 Å². The lowest BCUT2D eigenvalue weighted by molar-refractivity contribution is 0.300. The van der Waals surface area contributed by atoms with Crippen LogP contribution in [0.5, 0.6) is 5.75 Å². The molecule has 0 unspecified atom stereocenters. The molecule has 6 nitrogen and oxygen atoms in total. The molecule has 130 valence electrons. The number of hydrogen-bond acceptors (Lipinski definition) is 5. The number of rotatable bonds is 5. The van der Waals surface area contributed by atoms with Gasteiger partial charge in [0.15, 0.2) is 0 Å².